The van der Waals surface area contributed by atoms with E-state index in [2.05, 4.69) is 51.7 Å². The minimum atomic E-state index is -0.451. The average Bonchev–Trinajstić information content (AvgIpc) is 3.57. The first-order valence-electron chi connectivity index (χ1n) is 13.2. The van der Waals surface area contributed by atoms with E-state index in [1.807, 2.05) is 48.7 Å². The van der Waals surface area contributed by atoms with Crippen molar-refractivity contribution in [2.45, 2.75) is 32.7 Å². The van der Waals surface area contributed by atoms with E-state index in [4.69, 9.17) is 10.1 Å². The van der Waals surface area contributed by atoms with Crippen LogP contribution in [0.5, 0.6) is 5.75 Å². The van der Waals surface area contributed by atoms with Gasteiger partial charge < -0.3 is 9.30 Å². The highest BCUT2D eigenvalue weighted by Crippen LogP contribution is 2.32. The first kappa shape index (κ1) is 25.8. The predicted octanol–water partition coefficient (Wildman–Crippen LogP) is 6.30. The van der Waals surface area contributed by atoms with Crippen molar-refractivity contribution >= 4 is 50.7 Å². The van der Waals surface area contributed by atoms with Crippen molar-refractivity contribution in [3.05, 3.63) is 102 Å². The molecule has 0 spiro atoms. The van der Waals surface area contributed by atoms with Gasteiger partial charge in [0.25, 0.3) is 5.91 Å². The topological polar surface area (TPSA) is 95.9 Å². The Bertz CT molecular complexity index is 1710. The number of aliphatic imine (C=N–C) groups is 1. The maximum Gasteiger partial charge on any atom is 0.283 e. The van der Waals surface area contributed by atoms with E-state index >= 15 is 0 Å². The van der Waals surface area contributed by atoms with E-state index in [0.717, 1.165) is 34.2 Å². The summed E-state index contributed by atoms with van der Waals surface area (Å²) in [6.45, 7) is 5.53. The molecule has 9 heteroatoms. The van der Waals surface area contributed by atoms with Gasteiger partial charge >= 0.3 is 0 Å². The van der Waals surface area contributed by atoms with Crippen LogP contribution in [0.15, 0.2) is 94.9 Å². The summed E-state index contributed by atoms with van der Waals surface area (Å²) in [6.07, 6.45) is 8.19. The van der Waals surface area contributed by atoms with E-state index < -0.39 is 5.91 Å². The third-order valence-electron chi connectivity index (χ3n) is 7.13. The molecule has 1 amide bonds. The zero-order valence-electron chi connectivity index (χ0n) is 22.2. The fraction of sp³-hybridized carbons (Fsp3) is 0.194. The molecule has 2 aliphatic heterocycles. The summed E-state index contributed by atoms with van der Waals surface area (Å²) in [6, 6.07) is 20.0. The monoisotopic (exact) mass is 548 g/mol. The number of nitrogens with zero attached hydrogens (tertiary/aromatic N) is 5. The maximum absolute atomic E-state index is 13.1. The second-order valence-electron chi connectivity index (χ2n) is 9.66. The predicted molar refractivity (Wildman–Crippen MR) is 161 cm³/mol. The highest BCUT2D eigenvalue weighted by molar-refractivity contribution is 8.27. The molecule has 0 aliphatic carbocycles. The number of nitrogens with one attached hydrogen (secondary N) is 1. The van der Waals surface area contributed by atoms with Crippen molar-refractivity contribution in [3.8, 4) is 5.75 Å². The van der Waals surface area contributed by atoms with Crippen molar-refractivity contribution < 1.29 is 9.53 Å². The zero-order valence-corrected chi connectivity index (χ0v) is 23.1. The zero-order chi connectivity index (χ0) is 27.6. The van der Waals surface area contributed by atoms with Crippen LogP contribution in [0, 0.1) is 5.41 Å². The smallest absolute Gasteiger partial charge is 0.283 e. The number of hydrogen-bond acceptors (Lipinski definition) is 6. The van der Waals surface area contributed by atoms with Crippen molar-refractivity contribution in [2.24, 2.45) is 10.1 Å². The molecule has 8 nitrogen and oxygen atoms in total. The summed E-state index contributed by atoms with van der Waals surface area (Å²) < 4.78 is 8.36. The molecule has 2 aromatic heterocycles. The number of para-hydroxylation sites is 2. The van der Waals surface area contributed by atoms with Gasteiger partial charge in [0.05, 0.1) is 12.1 Å². The molecular weight excluding hydrogens is 520 g/mol. The number of amidine groups is 2. The summed E-state index contributed by atoms with van der Waals surface area (Å²) >= 11 is 1.26. The van der Waals surface area contributed by atoms with Crippen LogP contribution in [0.25, 0.3) is 17.0 Å². The molecule has 0 fully saturated rings. The molecule has 1 N–H and O–H groups in total. The van der Waals surface area contributed by atoms with Gasteiger partial charge in [-0.1, -0.05) is 50.2 Å². The van der Waals surface area contributed by atoms with Crippen LogP contribution < -0.4 is 4.74 Å². The lowest BCUT2D eigenvalue weighted by Gasteiger charge is -2.20. The van der Waals surface area contributed by atoms with Gasteiger partial charge in [0.15, 0.2) is 5.84 Å². The number of hydrogen-bond donors (Lipinski definition) is 1. The minimum Gasteiger partial charge on any atom is -0.491 e. The fourth-order valence-corrected chi connectivity index (χ4v) is 5.70. The third kappa shape index (κ3) is 4.84. The second kappa shape index (κ2) is 10.9. The van der Waals surface area contributed by atoms with Gasteiger partial charge in [-0.2, -0.15) is 15.1 Å². The number of rotatable bonds is 8. The maximum atomic E-state index is 13.1. The highest BCUT2D eigenvalue weighted by atomic mass is 32.2. The van der Waals surface area contributed by atoms with Gasteiger partial charge in [0, 0.05) is 40.6 Å². The molecule has 200 valence electrons. The van der Waals surface area contributed by atoms with Gasteiger partial charge in [-0.05, 0) is 60.0 Å². The lowest BCUT2D eigenvalue weighted by atomic mass is 9.98. The number of thioether (sulfide) groups is 1. The number of ether oxygens (including phenoxy) is 1. The quantitative estimate of drug-likeness (QED) is 0.261. The Morgan fingerprint density at radius 1 is 1.10 bits per heavy atom. The summed E-state index contributed by atoms with van der Waals surface area (Å²) in [7, 11) is 0. The first-order valence-corrected chi connectivity index (χ1v) is 14.1. The second-order valence-corrected chi connectivity index (χ2v) is 10.6. The molecule has 0 saturated carbocycles. The van der Waals surface area contributed by atoms with Crippen LogP contribution in [-0.4, -0.2) is 43.1 Å². The van der Waals surface area contributed by atoms with Crippen LogP contribution in [0.3, 0.4) is 0 Å². The van der Waals surface area contributed by atoms with Crippen LogP contribution >= 0.6 is 11.8 Å². The van der Waals surface area contributed by atoms with E-state index in [1.54, 1.807) is 18.5 Å². The number of benzene rings is 2. The molecule has 1 atom stereocenters. The molecule has 0 saturated heterocycles. The molecule has 40 heavy (non-hydrogen) atoms. The Balaban J connectivity index is 1.26. The lowest BCUT2D eigenvalue weighted by Crippen LogP contribution is -2.35. The first-order chi connectivity index (χ1) is 19.5. The van der Waals surface area contributed by atoms with Crippen molar-refractivity contribution in [3.63, 3.8) is 0 Å². The Labute approximate surface area is 236 Å². The molecule has 2 aromatic carbocycles. The van der Waals surface area contributed by atoms with Crippen molar-refractivity contribution in [1.82, 2.24) is 14.6 Å². The number of fused-ring (bicyclic) bond motifs is 2. The number of pyridine rings is 1. The Morgan fingerprint density at radius 3 is 2.75 bits per heavy atom. The lowest BCUT2D eigenvalue weighted by molar-refractivity contribution is -0.114. The van der Waals surface area contributed by atoms with Gasteiger partial charge in [0.2, 0.25) is 5.17 Å². The Kier molecular flexibility index (Phi) is 7.04. The standard InChI is InChI=1S/C31H28N6O2S/c1-3-20(2)23-10-5-7-13-27(23)39-16-15-36-19-22(24-11-4-6-12-26(24)36)17-25-28(32)37-31(34-29(25)38)40-30(35-37)21-9-8-14-33-18-21/h4-14,17-20,32H,3,15-16H2,1-2H3/b25-17-,32-28?/t20-/m0/s1. The number of amides is 1. The largest absolute Gasteiger partial charge is 0.491 e. The Hall–Kier alpha value is -4.50. The van der Waals surface area contributed by atoms with Crippen LogP contribution in [0.2, 0.25) is 0 Å². The number of hydrazone groups is 1. The fourth-order valence-electron chi connectivity index (χ4n) is 4.82. The van der Waals surface area contributed by atoms with Gasteiger partial charge in [-0.3, -0.25) is 15.2 Å². The number of aromatic nitrogens is 2. The van der Waals surface area contributed by atoms with Gasteiger partial charge in [-0.15, -0.1) is 0 Å². The van der Waals surface area contributed by atoms with E-state index in [0.29, 0.717) is 29.3 Å². The SMILES string of the molecule is CC[C@H](C)c1ccccc1OCCn1cc(/C=C2/C(=N)N3N=C(c4cccnc4)SC3=NC2=O)c2ccccc21. The van der Waals surface area contributed by atoms with E-state index in [-0.39, 0.29) is 11.4 Å². The van der Waals surface area contributed by atoms with Crippen molar-refractivity contribution in [2.75, 3.05) is 6.61 Å². The number of carbonyl (C=O) groups excluding carboxylic acids is 1. The average molecular weight is 549 g/mol. The van der Waals surface area contributed by atoms with Crippen LogP contribution in [-0.2, 0) is 11.3 Å². The molecule has 0 bridgehead atoms. The summed E-state index contributed by atoms with van der Waals surface area (Å²) in [4.78, 5) is 21.4. The molecule has 4 aromatic rings. The minimum absolute atomic E-state index is 0.00297. The number of carbonyl (C=O) groups is 1. The summed E-state index contributed by atoms with van der Waals surface area (Å²) in [5.41, 5.74) is 4.09. The van der Waals surface area contributed by atoms with Gasteiger partial charge in [-0.25, -0.2) is 0 Å². The Morgan fingerprint density at radius 2 is 1.93 bits per heavy atom. The third-order valence-corrected chi connectivity index (χ3v) is 8.09. The highest BCUT2D eigenvalue weighted by Gasteiger charge is 2.36. The summed E-state index contributed by atoms with van der Waals surface area (Å²) in [5, 5.41) is 16.8. The molecular formula is C31H28N6O2S. The van der Waals surface area contributed by atoms with Crippen LogP contribution in [0.1, 0.15) is 42.9 Å². The van der Waals surface area contributed by atoms with Crippen LogP contribution in [0.4, 0.5) is 0 Å². The van der Waals surface area contributed by atoms with E-state index in [9.17, 15) is 4.79 Å². The molecule has 0 unspecified atom stereocenters. The van der Waals surface area contributed by atoms with E-state index in [1.165, 1.54) is 22.3 Å². The molecule has 2 aliphatic rings. The summed E-state index contributed by atoms with van der Waals surface area (Å²) in [5.74, 6) is 0.892. The molecule has 4 heterocycles. The molecule has 6 rings (SSSR count). The van der Waals surface area contributed by atoms with Crippen molar-refractivity contribution in [1.29, 1.82) is 5.41 Å². The normalized spacial score (nSPS) is 16.8. The molecule has 0 radical (unpaired) electrons. The van der Waals surface area contributed by atoms with Gasteiger partial charge in [0.1, 0.15) is 17.4 Å².